The molecule has 138 valence electrons. The van der Waals surface area contributed by atoms with E-state index in [0.29, 0.717) is 21.3 Å². The van der Waals surface area contributed by atoms with Crippen molar-refractivity contribution in [3.05, 3.63) is 76.3 Å². The Morgan fingerprint density at radius 2 is 1.74 bits per heavy atom. The molecule has 27 heavy (non-hydrogen) atoms. The van der Waals surface area contributed by atoms with Gasteiger partial charge < -0.3 is 10.1 Å². The van der Waals surface area contributed by atoms with Gasteiger partial charge in [-0.05, 0) is 36.1 Å². The summed E-state index contributed by atoms with van der Waals surface area (Å²) in [6.07, 6.45) is -0.929. The number of rotatable bonds is 5. The molecule has 0 spiro atoms. The van der Waals surface area contributed by atoms with Gasteiger partial charge in [-0.25, -0.2) is 0 Å². The average Bonchev–Trinajstić information content (AvgIpc) is 2.65. The van der Waals surface area contributed by atoms with Crippen molar-refractivity contribution >= 4 is 51.5 Å². The van der Waals surface area contributed by atoms with E-state index in [4.69, 9.17) is 27.9 Å². The number of esters is 1. The van der Waals surface area contributed by atoms with Gasteiger partial charge in [-0.2, -0.15) is 0 Å². The maximum atomic E-state index is 12.4. The SMILES string of the molecule is C[C@H](OC(=O)Cc1ccc(Cl)c(Cl)c1)C(=O)Nc1cccc2ccccc12. The monoisotopic (exact) mass is 401 g/mol. The van der Waals surface area contributed by atoms with Crippen molar-refractivity contribution in [2.75, 3.05) is 5.32 Å². The molecular formula is C21H17Cl2NO3. The Balaban J connectivity index is 1.63. The Labute approximate surface area is 167 Å². The molecule has 0 aromatic heterocycles. The van der Waals surface area contributed by atoms with Gasteiger partial charge in [-0.3, -0.25) is 9.59 Å². The molecule has 0 aliphatic rings. The molecule has 0 saturated carbocycles. The topological polar surface area (TPSA) is 55.4 Å². The molecule has 3 rings (SSSR count). The van der Waals surface area contributed by atoms with Gasteiger partial charge in [0.05, 0.1) is 16.5 Å². The molecule has 0 aliphatic carbocycles. The average molecular weight is 402 g/mol. The zero-order valence-electron chi connectivity index (χ0n) is 14.5. The van der Waals surface area contributed by atoms with Crippen LogP contribution in [-0.2, 0) is 20.7 Å². The van der Waals surface area contributed by atoms with E-state index in [0.717, 1.165) is 10.8 Å². The van der Waals surface area contributed by atoms with Crippen molar-refractivity contribution in [1.82, 2.24) is 0 Å². The third-order valence-electron chi connectivity index (χ3n) is 4.06. The van der Waals surface area contributed by atoms with Gasteiger partial charge in [-0.15, -0.1) is 0 Å². The lowest BCUT2D eigenvalue weighted by Gasteiger charge is -2.15. The van der Waals surface area contributed by atoms with E-state index in [1.54, 1.807) is 18.2 Å². The number of anilines is 1. The maximum Gasteiger partial charge on any atom is 0.311 e. The molecule has 0 saturated heterocycles. The van der Waals surface area contributed by atoms with Crippen LogP contribution >= 0.6 is 23.2 Å². The largest absolute Gasteiger partial charge is 0.452 e. The number of hydrogen-bond acceptors (Lipinski definition) is 3. The van der Waals surface area contributed by atoms with Crippen molar-refractivity contribution < 1.29 is 14.3 Å². The summed E-state index contributed by atoms with van der Waals surface area (Å²) in [5.74, 6) is -0.914. The summed E-state index contributed by atoms with van der Waals surface area (Å²) in [6.45, 7) is 1.53. The van der Waals surface area contributed by atoms with Crippen molar-refractivity contribution in [1.29, 1.82) is 0 Å². The molecule has 0 aliphatic heterocycles. The highest BCUT2D eigenvalue weighted by Crippen LogP contribution is 2.24. The number of benzene rings is 3. The van der Waals surface area contributed by atoms with E-state index in [-0.39, 0.29) is 6.42 Å². The number of hydrogen-bond donors (Lipinski definition) is 1. The minimum absolute atomic E-state index is 0.00275. The standard InChI is InChI=1S/C21H17Cl2NO3/c1-13(27-20(25)12-14-9-10-17(22)18(23)11-14)21(26)24-19-8-4-6-15-5-2-3-7-16(15)19/h2-11,13H,12H2,1H3,(H,24,26)/t13-/m0/s1. The molecule has 3 aromatic carbocycles. The molecule has 4 nitrogen and oxygen atoms in total. The predicted molar refractivity (Wildman–Crippen MR) is 108 cm³/mol. The Morgan fingerprint density at radius 3 is 2.52 bits per heavy atom. The third-order valence-corrected chi connectivity index (χ3v) is 4.80. The first-order valence-corrected chi connectivity index (χ1v) is 9.11. The molecule has 1 amide bonds. The number of carbonyl (C=O) groups is 2. The van der Waals surface area contributed by atoms with Crippen molar-refractivity contribution in [3.8, 4) is 0 Å². The lowest BCUT2D eigenvalue weighted by molar-refractivity contribution is -0.152. The second kappa shape index (κ2) is 8.42. The van der Waals surface area contributed by atoms with E-state index in [2.05, 4.69) is 5.32 Å². The van der Waals surface area contributed by atoms with Gasteiger partial charge >= 0.3 is 5.97 Å². The van der Waals surface area contributed by atoms with Gasteiger partial charge in [-0.1, -0.05) is 65.7 Å². The highest BCUT2D eigenvalue weighted by atomic mass is 35.5. The highest BCUT2D eigenvalue weighted by Gasteiger charge is 2.19. The van der Waals surface area contributed by atoms with E-state index in [1.807, 2.05) is 42.5 Å². The summed E-state index contributed by atoms with van der Waals surface area (Å²) in [6, 6.07) is 18.3. The number of ether oxygens (including phenoxy) is 1. The predicted octanol–water partition coefficient (Wildman–Crippen LogP) is 5.26. The molecule has 0 heterocycles. The molecule has 0 fully saturated rings. The first kappa shape index (κ1) is 19.2. The van der Waals surface area contributed by atoms with Crippen LogP contribution in [0, 0.1) is 0 Å². The smallest absolute Gasteiger partial charge is 0.311 e. The first-order valence-electron chi connectivity index (χ1n) is 8.36. The highest BCUT2D eigenvalue weighted by molar-refractivity contribution is 6.42. The maximum absolute atomic E-state index is 12.4. The Hall–Kier alpha value is -2.56. The minimum Gasteiger partial charge on any atom is -0.452 e. The van der Waals surface area contributed by atoms with Crippen molar-refractivity contribution in [2.45, 2.75) is 19.4 Å². The fraction of sp³-hybridized carbons (Fsp3) is 0.143. The number of amides is 1. The van der Waals surface area contributed by atoms with Crippen LogP contribution in [0.25, 0.3) is 10.8 Å². The van der Waals surface area contributed by atoms with Crippen LogP contribution in [0.1, 0.15) is 12.5 Å². The van der Waals surface area contributed by atoms with Crippen LogP contribution in [0.2, 0.25) is 10.0 Å². The van der Waals surface area contributed by atoms with Crippen LogP contribution in [0.5, 0.6) is 0 Å². The summed E-state index contributed by atoms with van der Waals surface area (Å²) >= 11 is 11.8. The number of nitrogens with one attached hydrogen (secondary N) is 1. The summed E-state index contributed by atoms with van der Waals surface area (Å²) < 4.78 is 5.24. The Morgan fingerprint density at radius 1 is 1.00 bits per heavy atom. The van der Waals surface area contributed by atoms with Crippen LogP contribution in [-0.4, -0.2) is 18.0 Å². The van der Waals surface area contributed by atoms with Gasteiger partial charge in [0.2, 0.25) is 0 Å². The number of carbonyl (C=O) groups excluding carboxylic acids is 2. The van der Waals surface area contributed by atoms with Gasteiger partial charge in [0.25, 0.3) is 5.91 Å². The van der Waals surface area contributed by atoms with Gasteiger partial charge in [0.1, 0.15) is 0 Å². The van der Waals surface area contributed by atoms with Gasteiger partial charge in [0, 0.05) is 11.1 Å². The third kappa shape index (κ3) is 4.79. The van der Waals surface area contributed by atoms with E-state index in [9.17, 15) is 9.59 Å². The molecule has 0 radical (unpaired) electrons. The van der Waals surface area contributed by atoms with Crippen LogP contribution in [0.4, 0.5) is 5.69 Å². The Kier molecular flexibility index (Phi) is 5.99. The van der Waals surface area contributed by atoms with Crippen LogP contribution in [0.3, 0.4) is 0 Å². The summed E-state index contributed by atoms with van der Waals surface area (Å²) in [5.41, 5.74) is 1.33. The fourth-order valence-electron chi connectivity index (χ4n) is 2.68. The van der Waals surface area contributed by atoms with E-state index in [1.165, 1.54) is 6.92 Å². The van der Waals surface area contributed by atoms with Crippen molar-refractivity contribution in [2.24, 2.45) is 0 Å². The minimum atomic E-state index is -0.931. The molecule has 0 bridgehead atoms. The summed E-state index contributed by atoms with van der Waals surface area (Å²) in [4.78, 5) is 24.5. The van der Waals surface area contributed by atoms with E-state index >= 15 is 0 Å². The quantitative estimate of drug-likeness (QED) is 0.593. The molecular weight excluding hydrogens is 385 g/mol. The van der Waals surface area contributed by atoms with Crippen molar-refractivity contribution in [3.63, 3.8) is 0 Å². The van der Waals surface area contributed by atoms with E-state index < -0.39 is 18.0 Å². The molecule has 3 aromatic rings. The zero-order chi connectivity index (χ0) is 19.4. The zero-order valence-corrected chi connectivity index (χ0v) is 16.1. The summed E-state index contributed by atoms with van der Waals surface area (Å²) in [7, 11) is 0. The fourth-order valence-corrected chi connectivity index (χ4v) is 3.00. The second-order valence-corrected chi connectivity index (χ2v) is 6.89. The van der Waals surface area contributed by atoms with Gasteiger partial charge in [0.15, 0.2) is 6.10 Å². The normalized spacial score (nSPS) is 11.8. The first-order chi connectivity index (χ1) is 12.9. The Bertz CT molecular complexity index is 998. The second-order valence-electron chi connectivity index (χ2n) is 6.07. The lowest BCUT2D eigenvalue weighted by Crippen LogP contribution is -2.30. The molecule has 1 N–H and O–H groups in total. The molecule has 6 heteroatoms. The molecule has 1 atom stereocenters. The number of fused-ring (bicyclic) bond motifs is 1. The van der Waals surface area contributed by atoms with Crippen LogP contribution in [0.15, 0.2) is 60.7 Å². The van der Waals surface area contributed by atoms with Crippen LogP contribution < -0.4 is 5.32 Å². The summed E-state index contributed by atoms with van der Waals surface area (Å²) in [5, 5.41) is 5.53. The number of halogens is 2. The lowest BCUT2D eigenvalue weighted by atomic mass is 10.1. The molecule has 0 unspecified atom stereocenters.